The van der Waals surface area contributed by atoms with Gasteiger partial charge in [0.2, 0.25) is 0 Å². The van der Waals surface area contributed by atoms with Crippen molar-refractivity contribution in [3.63, 3.8) is 0 Å². The number of carbonyl (C=O) groups is 1. The number of alkyl halides is 2. The molecule has 1 atom stereocenters. The summed E-state index contributed by atoms with van der Waals surface area (Å²) in [6.45, 7) is 6.27. The number of fused-ring (bicyclic) bond motifs is 1. The van der Waals surface area contributed by atoms with Crippen molar-refractivity contribution in [2.45, 2.75) is 58.4 Å². The van der Waals surface area contributed by atoms with Gasteiger partial charge in [0.1, 0.15) is 12.4 Å². The molecule has 4 rings (SSSR count). The number of H-pyrrole nitrogens is 1. The molecule has 0 saturated carbocycles. The predicted molar refractivity (Wildman–Crippen MR) is 148 cm³/mol. The second-order valence-electron chi connectivity index (χ2n) is 10.7. The molecule has 1 aromatic carbocycles. The van der Waals surface area contributed by atoms with E-state index in [0.29, 0.717) is 41.6 Å². The van der Waals surface area contributed by atoms with Gasteiger partial charge < -0.3 is 19.0 Å². The Kier molecular flexibility index (Phi) is 8.91. The Hall–Kier alpha value is -3.04. The van der Waals surface area contributed by atoms with Crippen LogP contribution in [0.15, 0.2) is 35.1 Å². The van der Waals surface area contributed by atoms with Crippen molar-refractivity contribution in [3.8, 4) is 5.75 Å². The molecule has 1 aliphatic rings. The van der Waals surface area contributed by atoms with Crippen molar-refractivity contribution in [1.82, 2.24) is 14.5 Å². The monoisotopic (exact) mass is 543 g/mol. The minimum atomic E-state index is -2.86. The topological polar surface area (TPSA) is 76.6 Å². The number of hydrogen-bond acceptors (Lipinski definition) is 5. The number of ketones is 1. The van der Waals surface area contributed by atoms with Crippen LogP contribution in [0.2, 0.25) is 0 Å². The summed E-state index contributed by atoms with van der Waals surface area (Å²) < 4.78 is 40.4. The van der Waals surface area contributed by atoms with Gasteiger partial charge in [-0.2, -0.15) is 0 Å². The van der Waals surface area contributed by atoms with Gasteiger partial charge in [-0.05, 0) is 71.2 Å². The molecule has 2 aromatic heterocycles. The predicted octanol–water partition coefficient (Wildman–Crippen LogP) is 5.33. The van der Waals surface area contributed by atoms with Gasteiger partial charge >= 0.3 is 0 Å². The highest BCUT2D eigenvalue weighted by Gasteiger charge is 2.35. The largest absolute Gasteiger partial charge is 0.496 e. The third kappa shape index (κ3) is 6.25. The van der Waals surface area contributed by atoms with Crippen molar-refractivity contribution in [3.05, 3.63) is 63.2 Å². The van der Waals surface area contributed by atoms with E-state index in [1.165, 1.54) is 14.2 Å². The smallest absolute Gasteiger partial charge is 0.283 e. The molecule has 0 unspecified atom stereocenters. The van der Waals surface area contributed by atoms with Crippen LogP contribution in [-0.4, -0.2) is 66.6 Å². The number of nitrogens with one attached hydrogen (secondary N) is 1. The number of nitrogens with zero attached hydrogens (tertiary/aromatic N) is 2. The fourth-order valence-corrected chi connectivity index (χ4v) is 6.12. The lowest BCUT2D eigenvalue weighted by atomic mass is 9.89. The molecule has 0 amide bonds. The minimum absolute atomic E-state index is 0.0214. The number of para-hydroxylation sites is 1. The number of aryl methyl sites for hydroxylation is 1. The molecule has 1 aliphatic heterocycles. The van der Waals surface area contributed by atoms with Crippen molar-refractivity contribution < 1.29 is 23.0 Å². The Morgan fingerprint density at radius 3 is 2.54 bits per heavy atom. The van der Waals surface area contributed by atoms with Gasteiger partial charge in [-0.1, -0.05) is 18.2 Å². The van der Waals surface area contributed by atoms with Crippen molar-refractivity contribution in [1.29, 1.82) is 0 Å². The number of rotatable bonds is 11. The summed E-state index contributed by atoms with van der Waals surface area (Å²) >= 11 is 0. The van der Waals surface area contributed by atoms with Gasteiger partial charge in [-0.15, -0.1) is 0 Å². The Balaban J connectivity index is 1.54. The number of methoxy groups -OCH3 is 2. The van der Waals surface area contributed by atoms with Crippen LogP contribution in [0.5, 0.6) is 5.75 Å². The molecule has 7 nitrogen and oxygen atoms in total. The van der Waals surface area contributed by atoms with Crippen LogP contribution in [0.4, 0.5) is 8.78 Å². The van der Waals surface area contributed by atoms with E-state index in [2.05, 4.69) is 21.2 Å². The zero-order chi connectivity index (χ0) is 28.3. The van der Waals surface area contributed by atoms with E-state index < -0.39 is 12.5 Å². The Morgan fingerprint density at radius 1 is 1.18 bits per heavy atom. The summed E-state index contributed by atoms with van der Waals surface area (Å²) in [7, 11) is 2.82. The third-order valence-corrected chi connectivity index (χ3v) is 8.02. The molecule has 0 bridgehead atoms. The first-order valence-electron chi connectivity index (χ1n) is 13.5. The maximum Gasteiger partial charge on any atom is 0.283 e. The summed E-state index contributed by atoms with van der Waals surface area (Å²) in [5.41, 5.74) is 3.50. The molecule has 3 heterocycles. The molecule has 212 valence electrons. The minimum Gasteiger partial charge on any atom is -0.496 e. The van der Waals surface area contributed by atoms with Gasteiger partial charge in [0, 0.05) is 47.4 Å². The van der Waals surface area contributed by atoms with Crippen molar-refractivity contribution >= 4 is 16.7 Å². The van der Waals surface area contributed by atoms with E-state index in [1.54, 1.807) is 13.0 Å². The van der Waals surface area contributed by atoms with Crippen LogP contribution < -0.4 is 10.3 Å². The van der Waals surface area contributed by atoms with Crippen LogP contribution in [0.1, 0.15) is 59.5 Å². The summed E-state index contributed by atoms with van der Waals surface area (Å²) in [5, 5.41) is 0.897. The average molecular weight is 544 g/mol. The van der Waals surface area contributed by atoms with Gasteiger partial charge in [0.05, 0.1) is 19.2 Å². The number of piperidine rings is 1. The highest BCUT2D eigenvalue weighted by molar-refractivity contribution is 6.09. The van der Waals surface area contributed by atoms with Crippen LogP contribution in [0, 0.1) is 19.8 Å². The van der Waals surface area contributed by atoms with Crippen LogP contribution in [0.3, 0.4) is 0 Å². The maximum absolute atomic E-state index is 14.1. The van der Waals surface area contributed by atoms with E-state index in [9.17, 15) is 18.4 Å². The highest BCUT2D eigenvalue weighted by atomic mass is 19.3. The Morgan fingerprint density at radius 2 is 1.87 bits per heavy atom. The number of benzene rings is 1. The maximum atomic E-state index is 14.1. The third-order valence-electron chi connectivity index (χ3n) is 8.02. The second-order valence-corrected chi connectivity index (χ2v) is 10.7. The highest BCUT2D eigenvalue weighted by Crippen LogP contribution is 2.36. The first-order valence-corrected chi connectivity index (χ1v) is 13.5. The molecule has 39 heavy (non-hydrogen) atoms. The lowest BCUT2D eigenvalue weighted by Gasteiger charge is -2.37. The number of pyridine rings is 1. The number of halogens is 2. The Bertz CT molecular complexity index is 1370. The van der Waals surface area contributed by atoms with Crippen molar-refractivity contribution in [2.24, 2.45) is 5.92 Å². The number of hydrogen-bond donors (Lipinski definition) is 1. The van der Waals surface area contributed by atoms with E-state index in [1.807, 2.05) is 36.1 Å². The second kappa shape index (κ2) is 12.0. The molecule has 9 heteroatoms. The number of aromatic amines is 1. The summed E-state index contributed by atoms with van der Waals surface area (Å²) in [6.07, 6.45) is 2.06. The van der Waals surface area contributed by atoms with Crippen molar-refractivity contribution in [2.75, 3.05) is 40.5 Å². The lowest BCUT2D eigenvalue weighted by Crippen LogP contribution is -2.44. The molecule has 0 spiro atoms. The first-order chi connectivity index (χ1) is 18.6. The SMILES string of the molecule is COCC(F)(F)CN1CCC([C@@H](C)n2c(C)c(C(=O)CCc3c(OC)cc(C)[nH]c3=O)c3ccccc32)CC1. The fraction of sp³-hybridized carbons (Fsp3) is 0.533. The molecule has 0 aliphatic carbocycles. The fourth-order valence-electron chi connectivity index (χ4n) is 6.12. The van der Waals surface area contributed by atoms with Crippen LogP contribution >= 0.6 is 0 Å². The number of likely N-dealkylation sites (tertiary alicyclic amines) is 1. The lowest BCUT2D eigenvalue weighted by molar-refractivity contribution is -0.0884. The number of Topliss-reactive ketones (excluding diaryl/α,β-unsaturated/α-hetero) is 1. The van der Waals surface area contributed by atoms with Gasteiger partial charge in [-0.25, -0.2) is 8.78 Å². The summed E-state index contributed by atoms with van der Waals surface area (Å²) in [6, 6.07) is 9.76. The quantitative estimate of drug-likeness (QED) is 0.331. The Labute approximate surface area is 228 Å². The normalized spacial score (nSPS) is 16.1. The van der Waals surface area contributed by atoms with E-state index in [-0.39, 0.29) is 36.8 Å². The molecule has 3 aromatic rings. The molecular weight excluding hydrogens is 504 g/mol. The molecule has 1 saturated heterocycles. The zero-order valence-corrected chi connectivity index (χ0v) is 23.5. The first kappa shape index (κ1) is 29.0. The van der Waals surface area contributed by atoms with E-state index >= 15 is 0 Å². The van der Waals surface area contributed by atoms with Crippen LogP contribution in [0.25, 0.3) is 10.9 Å². The standard InChI is InChI=1S/C30H39F2N3O4/c1-19-16-27(39-5)24(29(37)33-19)10-11-26(36)28-21(3)35(25-9-7-6-8-23(25)28)20(2)22-12-14-34(15-13-22)17-30(31,32)18-38-4/h6-9,16,20,22H,10-15,17-18H2,1-5H3,(H,33,37)/t20-/m1/s1. The number of aromatic nitrogens is 2. The molecule has 1 N–H and O–H groups in total. The summed E-state index contributed by atoms with van der Waals surface area (Å²) in [5.74, 6) is -2.09. The van der Waals surface area contributed by atoms with E-state index in [4.69, 9.17) is 4.74 Å². The van der Waals surface area contributed by atoms with Crippen LogP contribution in [-0.2, 0) is 11.2 Å². The number of carbonyl (C=O) groups excluding carboxylic acids is 1. The molecule has 0 radical (unpaired) electrons. The van der Waals surface area contributed by atoms with Gasteiger partial charge in [0.25, 0.3) is 11.5 Å². The van der Waals surface area contributed by atoms with E-state index in [0.717, 1.165) is 29.4 Å². The zero-order valence-electron chi connectivity index (χ0n) is 23.5. The molecule has 1 fully saturated rings. The molecular formula is C30H39F2N3O4. The van der Waals surface area contributed by atoms with Gasteiger partial charge in [0.15, 0.2) is 5.78 Å². The average Bonchev–Trinajstić information content (AvgIpc) is 3.19. The summed E-state index contributed by atoms with van der Waals surface area (Å²) in [4.78, 5) is 30.8. The number of ether oxygens (including phenoxy) is 2. The van der Waals surface area contributed by atoms with Gasteiger partial charge in [-0.3, -0.25) is 14.5 Å².